The van der Waals surface area contributed by atoms with Gasteiger partial charge in [-0.2, -0.15) is 0 Å². The molecule has 1 unspecified atom stereocenters. The van der Waals surface area contributed by atoms with Crippen LogP contribution in [0.3, 0.4) is 0 Å². The average molecular weight is 337 g/mol. The van der Waals surface area contributed by atoms with Crippen molar-refractivity contribution in [3.63, 3.8) is 0 Å². The van der Waals surface area contributed by atoms with Crippen LogP contribution in [-0.4, -0.2) is 60.3 Å². The van der Waals surface area contributed by atoms with E-state index in [0.29, 0.717) is 16.5 Å². The molecule has 3 heterocycles. The summed E-state index contributed by atoms with van der Waals surface area (Å²) in [5.41, 5.74) is 1.24. The van der Waals surface area contributed by atoms with Crippen LogP contribution >= 0.6 is 0 Å². The van der Waals surface area contributed by atoms with Crippen LogP contribution in [0.25, 0.3) is 0 Å². The van der Waals surface area contributed by atoms with Crippen LogP contribution in [-0.2, 0) is 4.74 Å². The zero-order valence-corrected chi connectivity index (χ0v) is 16.9. The Morgan fingerprint density at radius 1 is 0.875 bits per heavy atom. The molecule has 24 heavy (non-hydrogen) atoms. The second kappa shape index (κ2) is 6.89. The van der Waals surface area contributed by atoms with Crippen LogP contribution in [0.2, 0.25) is 0 Å². The van der Waals surface area contributed by atoms with Gasteiger partial charge in [-0.3, -0.25) is 9.80 Å². The van der Waals surface area contributed by atoms with Gasteiger partial charge in [0.25, 0.3) is 0 Å². The molecule has 0 amide bonds. The summed E-state index contributed by atoms with van der Waals surface area (Å²) in [7, 11) is 0. The van der Waals surface area contributed by atoms with Crippen LogP contribution in [0.4, 0.5) is 0 Å². The van der Waals surface area contributed by atoms with Crippen LogP contribution in [0.15, 0.2) is 0 Å². The zero-order valence-electron chi connectivity index (χ0n) is 16.9. The molecule has 140 valence electrons. The highest BCUT2D eigenvalue weighted by Gasteiger charge is 2.44. The van der Waals surface area contributed by atoms with Crippen molar-refractivity contribution < 1.29 is 4.74 Å². The molecule has 3 saturated heterocycles. The molecule has 0 saturated carbocycles. The van der Waals surface area contributed by atoms with Gasteiger partial charge >= 0.3 is 0 Å². The minimum atomic E-state index is 0.330. The Hall–Kier alpha value is -0.120. The van der Waals surface area contributed by atoms with Crippen molar-refractivity contribution in [1.82, 2.24) is 9.80 Å². The van der Waals surface area contributed by atoms with E-state index in [-0.39, 0.29) is 0 Å². The van der Waals surface area contributed by atoms with E-state index >= 15 is 0 Å². The minimum absolute atomic E-state index is 0.330. The molecule has 0 aromatic carbocycles. The third-order valence-electron chi connectivity index (χ3n) is 7.08. The summed E-state index contributed by atoms with van der Waals surface area (Å²) in [4.78, 5) is 5.48. The average Bonchev–Trinajstić information content (AvgIpc) is 2.70. The first-order valence-corrected chi connectivity index (χ1v) is 10.3. The molecular formula is C21H40N2O. The molecule has 0 aliphatic carbocycles. The largest absolute Gasteiger partial charge is 0.380 e. The molecule has 0 radical (unpaired) electrons. The van der Waals surface area contributed by atoms with Crippen molar-refractivity contribution >= 4 is 0 Å². The fourth-order valence-corrected chi connectivity index (χ4v) is 5.14. The van der Waals surface area contributed by atoms with E-state index in [1.807, 2.05) is 0 Å². The first-order valence-electron chi connectivity index (χ1n) is 10.3. The number of hydrogen-bond donors (Lipinski definition) is 0. The Balaban J connectivity index is 1.51. The maximum Gasteiger partial charge on any atom is 0.0545 e. The summed E-state index contributed by atoms with van der Waals surface area (Å²) in [5, 5.41) is 0. The SMILES string of the molecule is CC(C)(C)N1CCCC(CC(C)(C)N2CCC3(CC2)COC3)CC1. The summed E-state index contributed by atoms with van der Waals surface area (Å²) in [6.45, 7) is 19.2. The summed E-state index contributed by atoms with van der Waals surface area (Å²) >= 11 is 0. The topological polar surface area (TPSA) is 15.7 Å². The van der Waals surface area contributed by atoms with Gasteiger partial charge in [-0.15, -0.1) is 0 Å². The Morgan fingerprint density at radius 3 is 2.08 bits per heavy atom. The molecule has 3 nitrogen and oxygen atoms in total. The predicted molar refractivity (Wildman–Crippen MR) is 101 cm³/mol. The zero-order chi connectivity index (χ0) is 17.4. The van der Waals surface area contributed by atoms with E-state index in [0.717, 1.165) is 19.1 Å². The van der Waals surface area contributed by atoms with Gasteiger partial charge in [0, 0.05) is 16.5 Å². The molecule has 3 fully saturated rings. The number of hydrogen-bond acceptors (Lipinski definition) is 3. The molecule has 0 aromatic rings. The number of nitrogens with zero attached hydrogens (tertiary/aromatic N) is 2. The van der Waals surface area contributed by atoms with Crippen molar-refractivity contribution in [3.05, 3.63) is 0 Å². The van der Waals surface area contributed by atoms with Gasteiger partial charge in [0.1, 0.15) is 0 Å². The Morgan fingerprint density at radius 2 is 1.54 bits per heavy atom. The van der Waals surface area contributed by atoms with Gasteiger partial charge in [0.15, 0.2) is 0 Å². The summed E-state index contributed by atoms with van der Waals surface area (Å²) in [6, 6.07) is 0. The fraction of sp³-hybridized carbons (Fsp3) is 1.00. The van der Waals surface area contributed by atoms with E-state index in [2.05, 4.69) is 44.4 Å². The number of piperidine rings is 1. The second-order valence-corrected chi connectivity index (χ2v) is 10.5. The lowest BCUT2D eigenvalue weighted by Gasteiger charge is -2.51. The summed E-state index contributed by atoms with van der Waals surface area (Å²) < 4.78 is 5.49. The molecule has 3 rings (SSSR count). The molecule has 3 aliphatic rings. The van der Waals surface area contributed by atoms with E-state index in [1.54, 1.807) is 0 Å². The second-order valence-electron chi connectivity index (χ2n) is 10.5. The lowest BCUT2D eigenvalue weighted by Crippen LogP contribution is -2.56. The van der Waals surface area contributed by atoms with Gasteiger partial charge in [0.2, 0.25) is 0 Å². The van der Waals surface area contributed by atoms with Gasteiger partial charge in [-0.1, -0.05) is 0 Å². The highest BCUT2D eigenvalue weighted by atomic mass is 16.5. The van der Waals surface area contributed by atoms with Gasteiger partial charge < -0.3 is 4.74 Å². The summed E-state index contributed by atoms with van der Waals surface area (Å²) in [6.07, 6.45) is 8.23. The smallest absolute Gasteiger partial charge is 0.0545 e. The molecule has 3 heteroatoms. The molecular weight excluding hydrogens is 296 g/mol. The van der Waals surface area contributed by atoms with Crippen molar-refractivity contribution in [1.29, 1.82) is 0 Å². The maximum atomic E-state index is 5.49. The number of likely N-dealkylation sites (tertiary alicyclic amines) is 2. The summed E-state index contributed by atoms with van der Waals surface area (Å²) in [5.74, 6) is 0.898. The van der Waals surface area contributed by atoms with Gasteiger partial charge in [-0.25, -0.2) is 0 Å². The highest BCUT2D eigenvalue weighted by Crippen LogP contribution is 2.41. The number of ether oxygens (including phenoxy) is 1. The van der Waals surface area contributed by atoms with Crippen molar-refractivity contribution in [2.75, 3.05) is 39.4 Å². The molecule has 0 bridgehead atoms. The standard InChI is InChI=1S/C21H40N2O/c1-19(2,3)22-11-6-7-18(8-12-22)15-20(4,5)23-13-9-21(10-14-23)16-24-17-21/h18H,6-17H2,1-5H3. The third-order valence-corrected chi connectivity index (χ3v) is 7.08. The van der Waals surface area contributed by atoms with Crippen LogP contribution in [0, 0.1) is 11.3 Å². The monoisotopic (exact) mass is 336 g/mol. The van der Waals surface area contributed by atoms with E-state index in [4.69, 9.17) is 4.74 Å². The molecule has 3 aliphatic heterocycles. The molecule has 1 spiro atoms. The highest BCUT2D eigenvalue weighted by molar-refractivity contribution is 4.95. The lowest BCUT2D eigenvalue weighted by atomic mass is 9.75. The van der Waals surface area contributed by atoms with Crippen molar-refractivity contribution in [2.45, 2.75) is 84.2 Å². The lowest BCUT2D eigenvalue weighted by molar-refractivity contribution is -0.147. The van der Waals surface area contributed by atoms with Crippen molar-refractivity contribution in [3.8, 4) is 0 Å². The predicted octanol–water partition coefficient (Wildman–Crippen LogP) is 4.17. The minimum Gasteiger partial charge on any atom is -0.380 e. The van der Waals surface area contributed by atoms with Crippen molar-refractivity contribution in [2.24, 2.45) is 11.3 Å². The van der Waals surface area contributed by atoms with Crippen LogP contribution < -0.4 is 0 Å². The van der Waals surface area contributed by atoms with Gasteiger partial charge in [0.05, 0.1) is 13.2 Å². The van der Waals surface area contributed by atoms with E-state index < -0.39 is 0 Å². The number of rotatable bonds is 3. The third kappa shape index (κ3) is 4.16. The van der Waals surface area contributed by atoms with Crippen LogP contribution in [0.1, 0.15) is 73.1 Å². The fourth-order valence-electron chi connectivity index (χ4n) is 5.14. The quantitative estimate of drug-likeness (QED) is 0.769. The maximum absolute atomic E-state index is 5.49. The normalized spacial score (nSPS) is 30.1. The Bertz CT molecular complexity index is 412. The molecule has 0 N–H and O–H groups in total. The van der Waals surface area contributed by atoms with E-state index in [9.17, 15) is 0 Å². The Labute approximate surface area is 150 Å². The molecule has 0 aromatic heterocycles. The molecule has 1 atom stereocenters. The van der Waals surface area contributed by atoms with Gasteiger partial charge in [-0.05, 0) is 105 Å². The Kier molecular flexibility index (Phi) is 5.36. The van der Waals surface area contributed by atoms with Crippen LogP contribution in [0.5, 0.6) is 0 Å². The van der Waals surface area contributed by atoms with E-state index in [1.165, 1.54) is 64.7 Å². The first kappa shape index (κ1) is 18.7. The first-order chi connectivity index (χ1) is 11.2.